The Labute approximate surface area is 37.1 Å². The van der Waals surface area contributed by atoms with E-state index >= 15 is 0 Å². The van der Waals surface area contributed by atoms with Gasteiger partial charge >= 0.3 is 0 Å². The maximum absolute atomic E-state index is 8.17. The lowest BCUT2D eigenvalue weighted by molar-refractivity contribution is 0.702. The Kier molecular flexibility index (Phi) is 620. The van der Waals surface area contributed by atoms with Crippen LogP contribution < -0.4 is 6.15 Å². The summed E-state index contributed by atoms with van der Waals surface area (Å²) in [6.45, 7) is 0. The highest BCUT2D eigenvalue weighted by molar-refractivity contribution is 7.59. The molecule has 0 amide bonds. The first kappa shape index (κ1) is 25.0. The van der Waals surface area contributed by atoms with Gasteiger partial charge in [0.05, 0.1) is 0 Å². The van der Waals surface area contributed by atoms with E-state index in [2.05, 4.69) is 0 Å². The second-order valence-electron chi connectivity index (χ2n) is 0. The lowest BCUT2D eigenvalue weighted by Gasteiger charge is -0.894. The summed E-state index contributed by atoms with van der Waals surface area (Å²) in [6.07, 6.45) is 0. The third-order valence-corrected chi connectivity index (χ3v) is 0. The topological polar surface area (TPSA) is 52.1 Å². The van der Waals surface area contributed by atoms with Crippen molar-refractivity contribution in [1.82, 2.24) is 6.15 Å². The minimum absolute atomic E-state index is 0. The molecule has 0 rings (SSSR count). The third kappa shape index (κ3) is 24.8. The zero-order valence-electron chi connectivity index (χ0n) is 2.19. The number of hydrogen-bond acceptors (Lipinski definition) is 2. The Morgan fingerprint density at radius 3 is 1.25 bits per heavy atom. The summed E-state index contributed by atoms with van der Waals surface area (Å²) < 4.78 is 8.17. The van der Waals surface area contributed by atoms with Gasteiger partial charge in [0, 0.05) is 0 Å². The quantitative estimate of drug-likeness (QED) is 0.432. The van der Waals surface area contributed by atoms with Crippen molar-refractivity contribution in [2.75, 3.05) is 0 Å². The molecule has 0 atom stereocenters. The van der Waals surface area contributed by atoms with Crippen LogP contribution in [0.2, 0.25) is 0 Å². The normalized spacial score (nSPS) is 2.00. The van der Waals surface area contributed by atoms with E-state index in [1.807, 2.05) is 0 Å². The third-order valence-electron chi connectivity index (χ3n) is 0. The largest absolute Gasteiger partial charge is 0.344 e. The lowest BCUT2D eigenvalue weighted by atomic mass is 14.0. The van der Waals surface area contributed by atoms with Crippen molar-refractivity contribution >= 4 is 26.0 Å². The highest BCUT2D eigenvalue weighted by Gasteiger charge is 0.534. The van der Waals surface area contributed by atoms with Gasteiger partial charge in [-0.25, -0.2) is 0 Å². The minimum Gasteiger partial charge on any atom is -0.344 e. The maximum atomic E-state index is 8.17. The molecule has 4 heavy (non-hydrogen) atoms. The molecule has 0 aliphatic carbocycles. The van der Waals surface area contributed by atoms with Crippen LogP contribution in [0.1, 0.15) is 0 Å². The molecule has 0 saturated carbocycles. The van der Waals surface area contributed by atoms with Crippen LogP contribution in [0.3, 0.4) is 0 Å². The summed E-state index contributed by atoms with van der Waals surface area (Å²) in [5.74, 6) is 0. The van der Waals surface area contributed by atoms with Gasteiger partial charge in [0.25, 0.3) is 0 Å². The average molecular weight is 102 g/mol. The molecular formula is H8NOS2. The molecule has 0 saturated heterocycles. The van der Waals surface area contributed by atoms with Crippen LogP contribution in [0.25, 0.3) is 0 Å². The van der Waals surface area contributed by atoms with Crippen molar-refractivity contribution < 1.29 is 4.21 Å². The fourth-order valence-corrected chi connectivity index (χ4v) is 0. The predicted molar refractivity (Wildman–Crippen MR) is 27.7 cm³/mol. The van der Waals surface area contributed by atoms with Gasteiger partial charge in [0.2, 0.25) is 0 Å². The molecule has 31 valence electrons. The highest BCUT2D eigenvalue weighted by atomic mass is 32.1. The van der Waals surface area contributed by atoms with Gasteiger partial charge in [0.1, 0.15) is 0 Å². The summed E-state index contributed by atoms with van der Waals surface area (Å²) >= 11 is 1.17. The van der Waals surface area contributed by atoms with E-state index in [1.165, 1.54) is 12.5 Å². The molecule has 0 heterocycles. The Morgan fingerprint density at radius 2 is 1.25 bits per heavy atom. The van der Waals surface area contributed by atoms with Gasteiger partial charge in [-0.15, -0.1) is 0 Å². The number of rotatable bonds is 0. The maximum Gasteiger partial charge on any atom is -0.0795 e. The van der Waals surface area contributed by atoms with Gasteiger partial charge < -0.3 is 6.15 Å². The molecule has 0 bridgehead atoms. The second-order valence-corrected chi connectivity index (χ2v) is 0. The fraction of sp³-hybridized carbons (Fsp3) is 0. The zero-order valence-corrected chi connectivity index (χ0v) is 4.35. The average Bonchev–Trinajstić information content (AvgIpc) is 1.00. The fourth-order valence-electron chi connectivity index (χ4n) is 0. The summed E-state index contributed by atoms with van der Waals surface area (Å²) in [5.41, 5.74) is 0. The smallest absolute Gasteiger partial charge is 0.0795 e. The molecule has 0 aromatic rings. The molecule has 0 aromatic heterocycles. The van der Waals surface area contributed by atoms with Gasteiger partial charge in [0.15, 0.2) is 0 Å². The van der Waals surface area contributed by atoms with Crippen molar-refractivity contribution in [3.05, 3.63) is 0 Å². The van der Waals surface area contributed by atoms with Crippen molar-refractivity contribution in [2.45, 2.75) is 0 Å². The summed E-state index contributed by atoms with van der Waals surface area (Å²) in [5, 5.41) is 0. The molecule has 1 radical (unpaired) electrons. The van der Waals surface area contributed by atoms with Crippen molar-refractivity contribution in [3.63, 3.8) is 0 Å². The standard InChI is InChI=1S/H3N.H3OS.H2S/c;1-2;/h1H3;2H3;1H2. The van der Waals surface area contributed by atoms with Gasteiger partial charge in [-0.2, -0.15) is 13.5 Å². The van der Waals surface area contributed by atoms with E-state index < -0.39 is 0 Å². The number of hydrogen-bond donors (Lipinski definition) is 1. The first-order valence-electron chi connectivity index (χ1n) is 0.236. The molecule has 0 aromatic carbocycles. The Morgan fingerprint density at radius 1 is 1.25 bits per heavy atom. The molecule has 3 N–H and O–H groups in total. The lowest BCUT2D eigenvalue weighted by Crippen LogP contribution is -0.894. The first-order chi connectivity index (χ1) is 1.00. The van der Waals surface area contributed by atoms with E-state index in [0.717, 1.165) is 0 Å². The van der Waals surface area contributed by atoms with E-state index in [9.17, 15) is 0 Å². The van der Waals surface area contributed by atoms with Crippen LogP contribution in [-0.4, -0.2) is 4.21 Å². The van der Waals surface area contributed by atoms with Gasteiger partial charge in [-0.1, -0.05) is 12.5 Å². The highest BCUT2D eigenvalue weighted by Crippen LogP contribution is 0.648. The second kappa shape index (κ2) is 99.0. The molecule has 0 unspecified atom stereocenters. The Hall–Kier alpha value is 0.460. The van der Waals surface area contributed by atoms with Crippen LogP contribution in [-0.2, 0) is 12.5 Å². The SMILES string of the molecule is N.O=[SH3].S. The van der Waals surface area contributed by atoms with E-state index in [0.29, 0.717) is 0 Å². The Balaban J connectivity index is -0.00000000500. The van der Waals surface area contributed by atoms with Crippen molar-refractivity contribution in [3.8, 4) is 0 Å². The van der Waals surface area contributed by atoms with Gasteiger partial charge in [-0.05, 0) is 0 Å². The van der Waals surface area contributed by atoms with Gasteiger partial charge in [-0.3, -0.25) is 4.21 Å². The summed E-state index contributed by atoms with van der Waals surface area (Å²) in [7, 11) is 0. The minimum atomic E-state index is 0. The molecule has 2 nitrogen and oxygen atoms in total. The van der Waals surface area contributed by atoms with E-state index in [4.69, 9.17) is 4.21 Å². The van der Waals surface area contributed by atoms with Crippen LogP contribution >= 0.6 is 13.5 Å². The predicted octanol–water partition coefficient (Wildman–Crippen LogP) is -0.865. The first-order valence-corrected chi connectivity index (χ1v) is 0.707. The zero-order chi connectivity index (χ0) is 2.00. The Bertz CT molecular complexity index is 6.00. The van der Waals surface area contributed by atoms with E-state index in [-0.39, 0.29) is 19.6 Å². The van der Waals surface area contributed by atoms with E-state index in [1.54, 1.807) is 0 Å². The monoisotopic (exact) mass is 102 g/mol. The molecule has 0 aliphatic heterocycles. The molecular weight excluding hydrogens is 94.1 g/mol. The summed E-state index contributed by atoms with van der Waals surface area (Å²) in [4.78, 5) is 0. The molecule has 0 aliphatic rings. The van der Waals surface area contributed by atoms with Crippen molar-refractivity contribution in [1.29, 1.82) is 0 Å². The molecule has 4 heteroatoms. The van der Waals surface area contributed by atoms with Crippen LogP contribution in [0.15, 0.2) is 0 Å². The summed E-state index contributed by atoms with van der Waals surface area (Å²) in [6, 6.07) is 0. The van der Waals surface area contributed by atoms with Crippen molar-refractivity contribution in [2.24, 2.45) is 0 Å². The molecule has 0 fully saturated rings. The van der Waals surface area contributed by atoms with Crippen LogP contribution in [0.4, 0.5) is 0 Å². The van der Waals surface area contributed by atoms with Crippen LogP contribution in [0.5, 0.6) is 0 Å². The molecule has 0 spiro atoms. The van der Waals surface area contributed by atoms with Crippen LogP contribution in [0, 0.1) is 0 Å².